The van der Waals surface area contributed by atoms with Crippen molar-refractivity contribution >= 4 is 5.91 Å². The van der Waals surface area contributed by atoms with Gasteiger partial charge in [0.1, 0.15) is 5.75 Å². The van der Waals surface area contributed by atoms with Crippen LogP contribution in [0.25, 0.3) is 0 Å². The molecule has 0 aliphatic carbocycles. The first kappa shape index (κ1) is 27.6. The molecule has 1 fully saturated rings. The van der Waals surface area contributed by atoms with Gasteiger partial charge in [-0.15, -0.1) is 0 Å². The lowest BCUT2D eigenvalue weighted by atomic mass is 10.0. The molecule has 0 radical (unpaired) electrons. The molecule has 1 atom stereocenters. The van der Waals surface area contributed by atoms with Crippen molar-refractivity contribution in [3.05, 3.63) is 65.2 Å². The fourth-order valence-corrected chi connectivity index (χ4v) is 5.33. The number of aliphatic hydroxyl groups is 1. The lowest BCUT2D eigenvalue weighted by Crippen LogP contribution is -2.39. The third-order valence-corrected chi connectivity index (χ3v) is 7.46. The minimum Gasteiger partial charge on any atom is -0.493 e. The van der Waals surface area contributed by atoms with Crippen LogP contribution in [0.3, 0.4) is 0 Å². The number of ether oxygens (including phenoxy) is 2. The van der Waals surface area contributed by atoms with Gasteiger partial charge in [-0.25, -0.2) is 0 Å². The molecule has 6 nitrogen and oxygen atoms in total. The number of carbonyl (C=O) groups is 1. The lowest BCUT2D eigenvalue weighted by Gasteiger charge is -2.29. The molecule has 1 saturated heterocycles. The van der Waals surface area contributed by atoms with E-state index in [-0.39, 0.29) is 18.6 Å². The number of benzene rings is 2. The second-order valence-electron chi connectivity index (χ2n) is 10.4. The summed E-state index contributed by atoms with van der Waals surface area (Å²) < 4.78 is 12.0. The third kappa shape index (κ3) is 9.13. The van der Waals surface area contributed by atoms with E-state index in [1.807, 2.05) is 6.07 Å². The average Bonchev–Trinajstić information content (AvgIpc) is 3.44. The molecule has 202 valence electrons. The maximum Gasteiger partial charge on any atom is 0.222 e. The Hall–Kier alpha value is -2.41. The molecule has 0 saturated carbocycles. The topological polar surface area (TPSA) is 62.2 Å². The molecule has 2 aliphatic rings. The average molecular weight is 509 g/mol. The third-order valence-electron chi connectivity index (χ3n) is 7.46. The second kappa shape index (κ2) is 15.1. The Labute approximate surface area is 222 Å². The summed E-state index contributed by atoms with van der Waals surface area (Å²) in [6.45, 7) is 5.65. The Morgan fingerprint density at radius 2 is 1.84 bits per heavy atom. The lowest BCUT2D eigenvalue weighted by molar-refractivity contribution is -0.132. The van der Waals surface area contributed by atoms with Crippen molar-refractivity contribution in [1.82, 2.24) is 9.80 Å². The van der Waals surface area contributed by atoms with Gasteiger partial charge in [0.05, 0.1) is 12.7 Å². The van der Waals surface area contributed by atoms with Crippen LogP contribution < -0.4 is 4.74 Å². The van der Waals surface area contributed by atoms with E-state index in [2.05, 4.69) is 52.3 Å². The van der Waals surface area contributed by atoms with E-state index in [9.17, 15) is 9.90 Å². The van der Waals surface area contributed by atoms with Gasteiger partial charge in [-0.3, -0.25) is 9.69 Å². The highest BCUT2D eigenvalue weighted by Gasteiger charge is 2.21. The summed E-state index contributed by atoms with van der Waals surface area (Å²) in [6, 6.07) is 17.0. The standard InChI is InChI=1S/C31H44N2O4/c34-20-7-11-26-13-15-30-28(23-26)25-32(24-27-9-3-1-4-10-27)18-19-33(17-5-2-6-21-37-30)31(35)16-14-29-12-8-22-36-29/h1,3-4,9-10,13,15,23,29,34H,2,5-8,11-12,14,16-22,24-25H2. The van der Waals surface area contributed by atoms with Crippen LogP contribution in [0.2, 0.25) is 0 Å². The van der Waals surface area contributed by atoms with Gasteiger partial charge in [0, 0.05) is 57.9 Å². The van der Waals surface area contributed by atoms with Crippen LogP contribution in [0.15, 0.2) is 48.5 Å². The Kier molecular flexibility index (Phi) is 11.3. The number of nitrogens with zero attached hydrogens (tertiary/aromatic N) is 2. The summed E-state index contributed by atoms with van der Waals surface area (Å²) in [5, 5.41) is 9.30. The molecule has 0 bridgehead atoms. The molecule has 6 heteroatoms. The number of rotatable bonds is 8. The smallest absolute Gasteiger partial charge is 0.222 e. The van der Waals surface area contributed by atoms with Crippen molar-refractivity contribution in [2.75, 3.05) is 39.5 Å². The molecular weight excluding hydrogens is 464 g/mol. The number of hydrogen-bond acceptors (Lipinski definition) is 5. The van der Waals surface area contributed by atoms with Gasteiger partial charge in [-0.1, -0.05) is 42.5 Å². The highest BCUT2D eigenvalue weighted by Crippen LogP contribution is 2.25. The molecule has 2 heterocycles. The van der Waals surface area contributed by atoms with Crippen molar-refractivity contribution in [3.8, 4) is 5.75 Å². The molecule has 37 heavy (non-hydrogen) atoms. The molecule has 0 aromatic heterocycles. The molecule has 2 aliphatic heterocycles. The Morgan fingerprint density at radius 1 is 0.946 bits per heavy atom. The zero-order valence-electron chi connectivity index (χ0n) is 22.3. The highest BCUT2D eigenvalue weighted by atomic mass is 16.5. The quantitative estimate of drug-likeness (QED) is 0.546. The summed E-state index contributed by atoms with van der Waals surface area (Å²) in [5.74, 6) is 1.21. The second-order valence-corrected chi connectivity index (χ2v) is 10.4. The number of hydrogen-bond donors (Lipinski definition) is 1. The Balaban J connectivity index is 1.50. The van der Waals surface area contributed by atoms with Crippen molar-refractivity contribution < 1.29 is 19.4 Å². The number of amides is 1. The summed E-state index contributed by atoms with van der Waals surface area (Å²) in [6.07, 6.45) is 8.50. The monoisotopic (exact) mass is 508 g/mol. The molecule has 2 aromatic carbocycles. The van der Waals surface area contributed by atoms with E-state index in [1.54, 1.807) is 0 Å². The van der Waals surface area contributed by atoms with Gasteiger partial charge < -0.3 is 19.5 Å². The molecular formula is C31H44N2O4. The highest BCUT2D eigenvalue weighted by molar-refractivity contribution is 5.76. The van der Waals surface area contributed by atoms with E-state index in [0.717, 1.165) is 96.4 Å². The first-order valence-corrected chi connectivity index (χ1v) is 14.2. The summed E-state index contributed by atoms with van der Waals surface area (Å²) in [5.41, 5.74) is 3.68. The van der Waals surface area contributed by atoms with Crippen LogP contribution in [0.4, 0.5) is 0 Å². The normalized spacial score (nSPS) is 19.8. The fraction of sp³-hybridized carbons (Fsp3) is 0.581. The summed E-state index contributed by atoms with van der Waals surface area (Å²) >= 11 is 0. The van der Waals surface area contributed by atoms with E-state index in [1.165, 1.54) is 16.7 Å². The number of aliphatic hydroxyl groups excluding tert-OH is 1. The number of fused-ring (bicyclic) bond motifs is 1. The van der Waals surface area contributed by atoms with Gasteiger partial charge >= 0.3 is 0 Å². The molecule has 1 amide bonds. The summed E-state index contributed by atoms with van der Waals surface area (Å²) in [7, 11) is 0. The molecule has 4 rings (SSSR count). The van der Waals surface area contributed by atoms with Crippen LogP contribution in [-0.2, 0) is 29.0 Å². The van der Waals surface area contributed by atoms with Crippen LogP contribution in [-0.4, -0.2) is 66.4 Å². The van der Waals surface area contributed by atoms with Gasteiger partial charge in [0.25, 0.3) is 0 Å². The van der Waals surface area contributed by atoms with E-state index in [0.29, 0.717) is 13.0 Å². The van der Waals surface area contributed by atoms with Crippen LogP contribution >= 0.6 is 0 Å². The molecule has 2 aromatic rings. The molecule has 1 N–H and O–H groups in total. The SMILES string of the molecule is O=C(CCC1CCCO1)N1CCCCCOc2ccc(CCCO)cc2CN(Cc2ccccc2)CC1. The molecule has 0 spiro atoms. The van der Waals surface area contributed by atoms with Crippen molar-refractivity contribution in [2.45, 2.75) is 77.0 Å². The predicted molar refractivity (Wildman–Crippen MR) is 147 cm³/mol. The maximum atomic E-state index is 13.3. The first-order valence-electron chi connectivity index (χ1n) is 14.2. The Morgan fingerprint density at radius 3 is 2.65 bits per heavy atom. The summed E-state index contributed by atoms with van der Waals surface area (Å²) in [4.78, 5) is 17.8. The minimum atomic E-state index is 0.199. The largest absolute Gasteiger partial charge is 0.493 e. The van der Waals surface area contributed by atoms with Crippen molar-refractivity contribution in [3.63, 3.8) is 0 Å². The number of carbonyl (C=O) groups excluding carboxylic acids is 1. The van der Waals surface area contributed by atoms with Gasteiger partial charge in [0.2, 0.25) is 5.91 Å². The first-order chi connectivity index (χ1) is 18.2. The predicted octanol–water partition coefficient (Wildman–Crippen LogP) is 4.96. The van der Waals surface area contributed by atoms with E-state index >= 15 is 0 Å². The Bertz CT molecular complexity index is 945. The zero-order valence-corrected chi connectivity index (χ0v) is 22.3. The van der Waals surface area contributed by atoms with Crippen molar-refractivity contribution in [1.29, 1.82) is 0 Å². The number of aryl methyl sites for hydroxylation is 1. The maximum absolute atomic E-state index is 13.3. The molecule has 1 unspecified atom stereocenters. The van der Waals surface area contributed by atoms with Crippen LogP contribution in [0.5, 0.6) is 5.75 Å². The van der Waals surface area contributed by atoms with Crippen LogP contribution in [0, 0.1) is 0 Å². The van der Waals surface area contributed by atoms with E-state index < -0.39 is 0 Å². The van der Waals surface area contributed by atoms with Gasteiger partial charge in [-0.2, -0.15) is 0 Å². The minimum absolute atomic E-state index is 0.199. The van der Waals surface area contributed by atoms with Crippen molar-refractivity contribution in [2.24, 2.45) is 0 Å². The van der Waals surface area contributed by atoms with Gasteiger partial charge in [-0.05, 0) is 68.6 Å². The van der Waals surface area contributed by atoms with E-state index in [4.69, 9.17) is 9.47 Å². The van der Waals surface area contributed by atoms with Gasteiger partial charge in [0.15, 0.2) is 0 Å². The fourth-order valence-electron chi connectivity index (χ4n) is 5.33. The zero-order chi connectivity index (χ0) is 25.7. The van der Waals surface area contributed by atoms with Crippen LogP contribution in [0.1, 0.15) is 68.1 Å².